The van der Waals surface area contributed by atoms with Crippen molar-refractivity contribution in [3.63, 3.8) is 0 Å². The van der Waals surface area contributed by atoms with Gasteiger partial charge in [0.15, 0.2) is 0 Å². The lowest BCUT2D eigenvalue weighted by atomic mass is 9.99. The highest BCUT2D eigenvalue weighted by Crippen LogP contribution is 2.17. The third-order valence-corrected chi connectivity index (χ3v) is 2.22. The Labute approximate surface area is 114 Å². The van der Waals surface area contributed by atoms with Crippen LogP contribution in [-0.4, -0.2) is 41.0 Å². The Morgan fingerprint density at radius 3 is 2.11 bits per heavy atom. The second-order valence-electron chi connectivity index (χ2n) is 5.93. The van der Waals surface area contributed by atoms with Crippen molar-refractivity contribution < 1.29 is 24.2 Å². The standard InChI is InChI=1S/C13H25NO5/c1-7-18-13(5,6)8-9(10(15)16)14-11(17)19-12(2,3)4/h9H,7-8H2,1-6H3,(H,14,17)(H,15,16). The van der Waals surface area contributed by atoms with Crippen LogP contribution in [0, 0.1) is 0 Å². The van der Waals surface area contributed by atoms with Gasteiger partial charge in [-0.1, -0.05) is 0 Å². The van der Waals surface area contributed by atoms with E-state index in [1.54, 1.807) is 34.6 Å². The predicted octanol–water partition coefficient (Wildman–Crippen LogP) is 2.17. The Balaban J connectivity index is 4.59. The number of carboxylic acid groups (broad SMARTS) is 1. The minimum atomic E-state index is -1.11. The van der Waals surface area contributed by atoms with Crippen molar-refractivity contribution in [3.05, 3.63) is 0 Å². The van der Waals surface area contributed by atoms with Crippen LogP contribution in [0.4, 0.5) is 4.79 Å². The van der Waals surface area contributed by atoms with E-state index in [9.17, 15) is 9.59 Å². The zero-order valence-electron chi connectivity index (χ0n) is 12.6. The molecule has 112 valence electrons. The summed E-state index contributed by atoms with van der Waals surface area (Å²) >= 11 is 0. The third kappa shape index (κ3) is 8.42. The Morgan fingerprint density at radius 2 is 1.74 bits per heavy atom. The molecule has 0 bridgehead atoms. The number of amides is 1. The first-order valence-electron chi connectivity index (χ1n) is 6.33. The van der Waals surface area contributed by atoms with Crippen molar-refractivity contribution in [2.24, 2.45) is 0 Å². The van der Waals surface area contributed by atoms with E-state index in [0.29, 0.717) is 6.61 Å². The van der Waals surface area contributed by atoms with Crippen molar-refractivity contribution in [2.45, 2.75) is 65.2 Å². The van der Waals surface area contributed by atoms with E-state index < -0.39 is 29.3 Å². The normalized spacial score (nSPS) is 13.8. The fourth-order valence-corrected chi connectivity index (χ4v) is 1.59. The van der Waals surface area contributed by atoms with Gasteiger partial charge in [-0.15, -0.1) is 0 Å². The van der Waals surface area contributed by atoms with Gasteiger partial charge in [0.25, 0.3) is 0 Å². The van der Waals surface area contributed by atoms with Gasteiger partial charge < -0.3 is 19.9 Å². The molecular weight excluding hydrogens is 250 g/mol. The zero-order valence-corrected chi connectivity index (χ0v) is 12.6. The molecule has 0 radical (unpaired) electrons. The van der Waals surface area contributed by atoms with E-state index in [1.807, 2.05) is 6.92 Å². The summed E-state index contributed by atoms with van der Waals surface area (Å²) in [5, 5.41) is 11.5. The predicted molar refractivity (Wildman–Crippen MR) is 71.1 cm³/mol. The number of hydrogen-bond acceptors (Lipinski definition) is 4. The molecule has 0 aromatic heterocycles. The van der Waals surface area contributed by atoms with Crippen molar-refractivity contribution in [1.82, 2.24) is 5.32 Å². The monoisotopic (exact) mass is 275 g/mol. The number of carboxylic acids is 1. The molecule has 1 unspecified atom stereocenters. The van der Waals surface area contributed by atoms with E-state index in [0.717, 1.165) is 0 Å². The Morgan fingerprint density at radius 1 is 1.21 bits per heavy atom. The number of alkyl carbamates (subject to hydrolysis) is 1. The largest absolute Gasteiger partial charge is 0.480 e. The molecule has 2 N–H and O–H groups in total. The van der Waals surface area contributed by atoms with Crippen molar-refractivity contribution in [2.75, 3.05) is 6.61 Å². The lowest BCUT2D eigenvalue weighted by Crippen LogP contribution is -2.47. The number of aliphatic carboxylic acids is 1. The molecule has 0 spiro atoms. The van der Waals surface area contributed by atoms with Crippen LogP contribution in [0.25, 0.3) is 0 Å². The van der Waals surface area contributed by atoms with Crippen LogP contribution in [0.3, 0.4) is 0 Å². The molecule has 0 aliphatic heterocycles. The molecule has 19 heavy (non-hydrogen) atoms. The fraction of sp³-hybridized carbons (Fsp3) is 0.846. The summed E-state index contributed by atoms with van der Waals surface area (Å²) in [6, 6.07) is -1.05. The number of carbonyl (C=O) groups is 2. The molecule has 6 nitrogen and oxygen atoms in total. The summed E-state index contributed by atoms with van der Waals surface area (Å²) in [6.45, 7) is 11.0. The lowest BCUT2D eigenvalue weighted by Gasteiger charge is -2.29. The average Bonchev–Trinajstić information content (AvgIpc) is 2.12. The molecule has 0 fully saturated rings. The highest BCUT2D eigenvalue weighted by molar-refractivity contribution is 5.80. The first kappa shape index (κ1) is 17.7. The molecule has 0 aromatic rings. The van der Waals surface area contributed by atoms with Crippen molar-refractivity contribution in [1.29, 1.82) is 0 Å². The minimum absolute atomic E-state index is 0.162. The van der Waals surface area contributed by atoms with Crippen LogP contribution < -0.4 is 5.32 Å². The molecule has 1 amide bonds. The van der Waals surface area contributed by atoms with E-state index in [2.05, 4.69) is 5.32 Å². The van der Waals surface area contributed by atoms with Gasteiger partial charge in [0.2, 0.25) is 0 Å². The average molecular weight is 275 g/mol. The van der Waals surface area contributed by atoms with Gasteiger partial charge in [0.1, 0.15) is 11.6 Å². The summed E-state index contributed by atoms with van der Waals surface area (Å²) < 4.78 is 10.5. The first-order chi connectivity index (χ1) is 8.47. The number of ether oxygens (including phenoxy) is 2. The second-order valence-corrected chi connectivity index (χ2v) is 5.93. The maximum Gasteiger partial charge on any atom is 0.408 e. The highest BCUT2D eigenvalue weighted by Gasteiger charge is 2.30. The van der Waals surface area contributed by atoms with Gasteiger partial charge >= 0.3 is 12.1 Å². The van der Waals surface area contributed by atoms with E-state index in [4.69, 9.17) is 14.6 Å². The maximum atomic E-state index is 11.6. The summed E-state index contributed by atoms with van der Waals surface area (Å²) in [5.74, 6) is -1.11. The molecule has 0 saturated carbocycles. The van der Waals surface area contributed by atoms with Crippen LogP contribution in [0.15, 0.2) is 0 Å². The molecule has 0 aromatic carbocycles. The molecule has 0 aliphatic carbocycles. The first-order valence-corrected chi connectivity index (χ1v) is 6.33. The Hall–Kier alpha value is -1.30. The van der Waals surface area contributed by atoms with Gasteiger partial charge in [-0.25, -0.2) is 9.59 Å². The minimum Gasteiger partial charge on any atom is -0.480 e. The van der Waals surface area contributed by atoms with Crippen LogP contribution in [0.2, 0.25) is 0 Å². The quantitative estimate of drug-likeness (QED) is 0.776. The second kappa shape index (κ2) is 6.75. The number of nitrogens with one attached hydrogen (secondary N) is 1. The topological polar surface area (TPSA) is 84.9 Å². The van der Waals surface area contributed by atoms with Gasteiger partial charge in [-0.2, -0.15) is 0 Å². The molecule has 0 aliphatic rings. The van der Waals surface area contributed by atoms with E-state index in [1.165, 1.54) is 0 Å². The third-order valence-electron chi connectivity index (χ3n) is 2.22. The Kier molecular flexibility index (Phi) is 6.29. The highest BCUT2D eigenvalue weighted by atomic mass is 16.6. The lowest BCUT2D eigenvalue weighted by molar-refractivity contribution is -0.141. The van der Waals surface area contributed by atoms with Crippen LogP contribution in [-0.2, 0) is 14.3 Å². The number of hydrogen-bond donors (Lipinski definition) is 2. The number of carbonyl (C=O) groups excluding carboxylic acids is 1. The smallest absolute Gasteiger partial charge is 0.408 e. The summed E-state index contributed by atoms with van der Waals surface area (Å²) in [4.78, 5) is 22.7. The number of rotatable bonds is 6. The van der Waals surface area contributed by atoms with Gasteiger partial charge in [0, 0.05) is 13.0 Å². The van der Waals surface area contributed by atoms with Gasteiger partial charge in [0.05, 0.1) is 5.60 Å². The molecular formula is C13H25NO5. The van der Waals surface area contributed by atoms with Gasteiger partial charge in [-0.05, 0) is 41.5 Å². The van der Waals surface area contributed by atoms with Crippen LogP contribution >= 0.6 is 0 Å². The molecule has 6 heteroatoms. The van der Waals surface area contributed by atoms with Crippen LogP contribution in [0.5, 0.6) is 0 Å². The zero-order chi connectivity index (χ0) is 15.3. The van der Waals surface area contributed by atoms with E-state index in [-0.39, 0.29) is 6.42 Å². The summed E-state index contributed by atoms with van der Waals surface area (Å²) in [7, 11) is 0. The van der Waals surface area contributed by atoms with E-state index >= 15 is 0 Å². The SMILES string of the molecule is CCOC(C)(C)CC(NC(=O)OC(C)(C)C)C(=O)O. The maximum absolute atomic E-state index is 11.6. The summed E-state index contributed by atoms with van der Waals surface area (Å²) in [5.41, 5.74) is -1.30. The van der Waals surface area contributed by atoms with Crippen molar-refractivity contribution in [3.8, 4) is 0 Å². The fourth-order valence-electron chi connectivity index (χ4n) is 1.59. The van der Waals surface area contributed by atoms with Gasteiger partial charge in [-0.3, -0.25) is 0 Å². The van der Waals surface area contributed by atoms with Crippen molar-refractivity contribution >= 4 is 12.1 Å². The molecule has 0 saturated heterocycles. The Bertz CT molecular complexity index is 319. The molecule has 1 atom stereocenters. The molecule has 0 rings (SSSR count). The summed E-state index contributed by atoms with van der Waals surface area (Å²) in [6.07, 6.45) is -0.581. The molecule has 0 heterocycles. The van der Waals surface area contributed by atoms with Crippen LogP contribution in [0.1, 0.15) is 48.0 Å².